The van der Waals surface area contributed by atoms with Crippen molar-refractivity contribution in [1.82, 2.24) is 19.7 Å². The number of hydrogen-bond donors (Lipinski definition) is 2. The number of aromatic nitrogens is 4. The van der Waals surface area contributed by atoms with Gasteiger partial charge in [-0.3, -0.25) is 4.68 Å². The summed E-state index contributed by atoms with van der Waals surface area (Å²) >= 11 is 0. The molecule has 3 rings (SSSR count). The predicted molar refractivity (Wildman–Crippen MR) is 79.4 cm³/mol. The normalized spacial score (nSPS) is 10.8. The lowest BCUT2D eigenvalue weighted by Gasteiger charge is -2.09. The standard InChI is InChI=1S/C14H16N6/c1-20-10(7-9-17-20)6-8-16-14-13(15)18-11-4-2-3-5-12(11)19-14/h2-5,7,9H,6,8H2,1H3,(H2,15,18)(H,16,19). The molecular weight excluding hydrogens is 252 g/mol. The molecule has 2 aromatic heterocycles. The summed E-state index contributed by atoms with van der Waals surface area (Å²) in [6.45, 7) is 0.733. The fraction of sp³-hybridized carbons (Fsp3) is 0.214. The maximum Gasteiger partial charge on any atom is 0.169 e. The third-order valence-corrected chi connectivity index (χ3v) is 3.19. The SMILES string of the molecule is Cn1nccc1CCNc1nc2ccccc2nc1N. The van der Waals surface area contributed by atoms with Gasteiger partial charge in [0, 0.05) is 31.9 Å². The number of benzene rings is 1. The summed E-state index contributed by atoms with van der Waals surface area (Å²) in [7, 11) is 1.93. The highest BCUT2D eigenvalue weighted by molar-refractivity contribution is 5.79. The number of anilines is 2. The van der Waals surface area contributed by atoms with E-state index in [1.54, 1.807) is 6.20 Å². The average molecular weight is 268 g/mol. The second-order valence-electron chi connectivity index (χ2n) is 4.57. The molecule has 1 aromatic carbocycles. The van der Waals surface area contributed by atoms with Gasteiger partial charge >= 0.3 is 0 Å². The van der Waals surface area contributed by atoms with E-state index in [9.17, 15) is 0 Å². The van der Waals surface area contributed by atoms with Crippen molar-refractivity contribution in [1.29, 1.82) is 0 Å². The van der Waals surface area contributed by atoms with Crippen LogP contribution in [-0.4, -0.2) is 26.3 Å². The largest absolute Gasteiger partial charge is 0.381 e. The van der Waals surface area contributed by atoms with Crippen LogP contribution in [0.15, 0.2) is 36.5 Å². The van der Waals surface area contributed by atoms with Crippen molar-refractivity contribution in [3.8, 4) is 0 Å². The van der Waals surface area contributed by atoms with E-state index in [1.807, 2.05) is 42.1 Å². The molecule has 0 atom stereocenters. The molecule has 20 heavy (non-hydrogen) atoms. The Balaban J connectivity index is 1.74. The number of nitrogens with two attached hydrogens (primary N) is 1. The zero-order valence-electron chi connectivity index (χ0n) is 11.2. The summed E-state index contributed by atoms with van der Waals surface area (Å²) in [6, 6.07) is 9.68. The van der Waals surface area contributed by atoms with E-state index in [1.165, 1.54) is 0 Å². The first-order valence-electron chi connectivity index (χ1n) is 6.47. The molecule has 0 saturated carbocycles. The number of fused-ring (bicyclic) bond motifs is 1. The quantitative estimate of drug-likeness (QED) is 0.751. The first-order chi connectivity index (χ1) is 9.74. The first-order valence-corrected chi connectivity index (χ1v) is 6.47. The molecular formula is C14H16N6. The number of nitrogens with one attached hydrogen (secondary N) is 1. The van der Waals surface area contributed by atoms with E-state index < -0.39 is 0 Å². The van der Waals surface area contributed by atoms with Gasteiger partial charge in [0.2, 0.25) is 0 Å². The zero-order chi connectivity index (χ0) is 13.9. The molecule has 0 saturated heterocycles. The van der Waals surface area contributed by atoms with Crippen LogP contribution in [0.5, 0.6) is 0 Å². The molecule has 0 amide bonds. The maximum absolute atomic E-state index is 5.92. The van der Waals surface area contributed by atoms with Crippen LogP contribution in [0, 0.1) is 0 Å². The Morgan fingerprint density at radius 3 is 2.60 bits per heavy atom. The van der Waals surface area contributed by atoms with E-state index in [4.69, 9.17) is 5.73 Å². The first kappa shape index (κ1) is 12.4. The molecule has 2 heterocycles. The van der Waals surface area contributed by atoms with Crippen LogP contribution in [0.25, 0.3) is 11.0 Å². The Kier molecular flexibility index (Phi) is 3.20. The fourth-order valence-corrected chi connectivity index (χ4v) is 2.10. The molecule has 0 aliphatic heterocycles. The van der Waals surface area contributed by atoms with Crippen molar-refractivity contribution in [3.63, 3.8) is 0 Å². The molecule has 0 fully saturated rings. The lowest BCUT2D eigenvalue weighted by Crippen LogP contribution is -2.11. The van der Waals surface area contributed by atoms with Crippen molar-refractivity contribution in [3.05, 3.63) is 42.2 Å². The van der Waals surface area contributed by atoms with E-state index >= 15 is 0 Å². The Bertz CT molecular complexity index is 733. The van der Waals surface area contributed by atoms with Crippen molar-refractivity contribution in [2.24, 2.45) is 7.05 Å². The van der Waals surface area contributed by atoms with Crippen molar-refractivity contribution >= 4 is 22.7 Å². The molecule has 0 aliphatic rings. The summed E-state index contributed by atoms with van der Waals surface area (Å²) in [4.78, 5) is 8.84. The molecule has 6 heteroatoms. The van der Waals surface area contributed by atoms with Crippen LogP contribution in [0.4, 0.5) is 11.6 Å². The molecule has 0 unspecified atom stereocenters. The van der Waals surface area contributed by atoms with E-state index in [0.29, 0.717) is 11.6 Å². The summed E-state index contributed by atoms with van der Waals surface area (Å²) in [6.07, 6.45) is 2.64. The molecule has 102 valence electrons. The maximum atomic E-state index is 5.92. The van der Waals surface area contributed by atoms with Gasteiger partial charge in [0.05, 0.1) is 11.0 Å². The minimum Gasteiger partial charge on any atom is -0.381 e. The minimum absolute atomic E-state index is 0.425. The lowest BCUT2D eigenvalue weighted by molar-refractivity contribution is 0.711. The van der Waals surface area contributed by atoms with E-state index in [2.05, 4.69) is 20.4 Å². The highest BCUT2D eigenvalue weighted by Crippen LogP contribution is 2.18. The second kappa shape index (κ2) is 5.16. The number of aryl methyl sites for hydroxylation is 1. The highest BCUT2D eigenvalue weighted by atomic mass is 15.3. The number of nitrogens with zero attached hydrogens (tertiary/aromatic N) is 4. The number of para-hydroxylation sites is 2. The summed E-state index contributed by atoms with van der Waals surface area (Å²) < 4.78 is 1.86. The highest BCUT2D eigenvalue weighted by Gasteiger charge is 2.05. The van der Waals surface area contributed by atoms with Crippen LogP contribution in [-0.2, 0) is 13.5 Å². The summed E-state index contributed by atoms with van der Waals surface area (Å²) in [5.74, 6) is 1.06. The third-order valence-electron chi connectivity index (χ3n) is 3.19. The number of rotatable bonds is 4. The van der Waals surface area contributed by atoms with Crippen LogP contribution in [0.2, 0.25) is 0 Å². The Hall–Kier alpha value is -2.63. The zero-order valence-corrected chi connectivity index (χ0v) is 11.2. The molecule has 0 aliphatic carbocycles. The molecule has 0 bridgehead atoms. The third kappa shape index (κ3) is 2.40. The Morgan fingerprint density at radius 1 is 1.15 bits per heavy atom. The van der Waals surface area contributed by atoms with E-state index in [0.717, 1.165) is 29.7 Å². The molecule has 6 nitrogen and oxygen atoms in total. The Morgan fingerprint density at radius 2 is 1.90 bits per heavy atom. The number of hydrogen-bond acceptors (Lipinski definition) is 5. The van der Waals surface area contributed by atoms with Gasteiger partial charge in [-0.1, -0.05) is 12.1 Å². The second-order valence-corrected chi connectivity index (χ2v) is 4.57. The van der Waals surface area contributed by atoms with Gasteiger partial charge in [0.1, 0.15) is 0 Å². The Labute approximate surface area is 116 Å². The van der Waals surface area contributed by atoms with E-state index in [-0.39, 0.29) is 0 Å². The molecule has 3 N–H and O–H groups in total. The van der Waals surface area contributed by atoms with Gasteiger partial charge in [0.25, 0.3) is 0 Å². The van der Waals surface area contributed by atoms with Crippen molar-refractivity contribution < 1.29 is 0 Å². The lowest BCUT2D eigenvalue weighted by atomic mass is 10.3. The van der Waals surface area contributed by atoms with Gasteiger partial charge in [-0.05, 0) is 18.2 Å². The molecule has 0 spiro atoms. The fourth-order valence-electron chi connectivity index (χ4n) is 2.10. The average Bonchev–Trinajstić information content (AvgIpc) is 2.85. The van der Waals surface area contributed by atoms with Crippen molar-refractivity contribution in [2.45, 2.75) is 6.42 Å². The van der Waals surface area contributed by atoms with Crippen LogP contribution < -0.4 is 11.1 Å². The van der Waals surface area contributed by atoms with Crippen LogP contribution in [0.1, 0.15) is 5.69 Å². The monoisotopic (exact) mass is 268 g/mol. The van der Waals surface area contributed by atoms with Crippen molar-refractivity contribution in [2.75, 3.05) is 17.6 Å². The van der Waals surface area contributed by atoms with Crippen LogP contribution in [0.3, 0.4) is 0 Å². The minimum atomic E-state index is 0.425. The van der Waals surface area contributed by atoms with Gasteiger partial charge < -0.3 is 11.1 Å². The van der Waals surface area contributed by atoms with Gasteiger partial charge in [-0.2, -0.15) is 5.10 Å². The number of nitrogen functional groups attached to an aromatic ring is 1. The summed E-state index contributed by atoms with van der Waals surface area (Å²) in [5.41, 5.74) is 8.72. The summed E-state index contributed by atoms with van der Waals surface area (Å²) in [5, 5.41) is 7.37. The topological polar surface area (TPSA) is 81.7 Å². The van der Waals surface area contributed by atoms with Crippen LogP contribution >= 0.6 is 0 Å². The van der Waals surface area contributed by atoms with Gasteiger partial charge in [-0.15, -0.1) is 0 Å². The predicted octanol–water partition coefficient (Wildman–Crippen LogP) is 1.60. The van der Waals surface area contributed by atoms with Gasteiger partial charge in [0.15, 0.2) is 11.6 Å². The molecule has 0 radical (unpaired) electrons. The smallest absolute Gasteiger partial charge is 0.169 e. The molecule has 3 aromatic rings. The van der Waals surface area contributed by atoms with Gasteiger partial charge in [-0.25, -0.2) is 9.97 Å².